The number of ether oxygens (including phenoxy) is 1. The minimum Gasteiger partial charge on any atom is -0.379 e. The molecule has 0 aliphatic carbocycles. The van der Waals surface area contributed by atoms with Gasteiger partial charge in [-0.25, -0.2) is 0 Å². The van der Waals surface area contributed by atoms with E-state index in [1.165, 1.54) is 11.4 Å². The molecule has 3 aliphatic heterocycles. The molecule has 7 heteroatoms. The molecule has 1 fully saturated rings. The summed E-state index contributed by atoms with van der Waals surface area (Å²) in [6.07, 6.45) is 0. The Hall–Kier alpha value is -1.01. The molecule has 1 aromatic carbocycles. The predicted molar refractivity (Wildman–Crippen MR) is 95.2 cm³/mol. The number of rotatable bonds is 3. The van der Waals surface area contributed by atoms with Crippen LogP contribution in [0.15, 0.2) is 29.3 Å². The van der Waals surface area contributed by atoms with Crippen molar-refractivity contribution in [2.75, 3.05) is 62.3 Å². The van der Waals surface area contributed by atoms with Crippen LogP contribution in [-0.2, 0) is 4.74 Å². The number of nitrogens with zero attached hydrogens (tertiary/aromatic N) is 4. The van der Waals surface area contributed by atoms with E-state index in [1.54, 1.807) is 0 Å². The SMILES string of the molecule is Cl.Cl.c1ccc2c(c1)N1CCN=C1N2CCN1CCOCC1. The summed E-state index contributed by atoms with van der Waals surface area (Å²) in [5.41, 5.74) is 2.62. The second kappa shape index (κ2) is 7.51. The highest BCUT2D eigenvalue weighted by Gasteiger charge is 2.34. The standard InChI is InChI=1S/C15H20N4O.2ClH/c1-2-4-14-13(3-1)18-6-5-16-15(18)19(14)8-7-17-9-11-20-12-10-17;;/h1-4H,5-12H2;2*1H. The van der Waals surface area contributed by atoms with Gasteiger partial charge < -0.3 is 14.5 Å². The average Bonchev–Trinajstić information content (AvgIpc) is 3.07. The normalized spacial score (nSPS) is 19.9. The van der Waals surface area contributed by atoms with Crippen LogP contribution in [0, 0.1) is 0 Å². The molecule has 3 aliphatic rings. The number of aliphatic imine (C=N–C) groups is 1. The van der Waals surface area contributed by atoms with Gasteiger partial charge in [0.25, 0.3) is 0 Å². The summed E-state index contributed by atoms with van der Waals surface area (Å²) in [5.74, 6) is 1.14. The Morgan fingerprint density at radius 2 is 1.68 bits per heavy atom. The van der Waals surface area contributed by atoms with Gasteiger partial charge in [-0.3, -0.25) is 9.89 Å². The molecule has 5 nitrogen and oxygen atoms in total. The van der Waals surface area contributed by atoms with Crippen molar-refractivity contribution in [2.45, 2.75) is 0 Å². The molecule has 1 saturated heterocycles. The maximum absolute atomic E-state index is 5.41. The van der Waals surface area contributed by atoms with Crippen LogP contribution in [0.4, 0.5) is 11.4 Å². The lowest BCUT2D eigenvalue weighted by Crippen LogP contribution is -2.44. The Morgan fingerprint density at radius 3 is 2.45 bits per heavy atom. The Balaban J connectivity index is 0.000000882. The van der Waals surface area contributed by atoms with E-state index in [0.29, 0.717) is 0 Å². The highest BCUT2D eigenvalue weighted by atomic mass is 35.5. The molecular formula is C15H22Cl2N4O. The third-order valence-electron chi connectivity index (χ3n) is 4.27. The molecule has 0 amide bonds. The first-order chi connectivity index (χ1) is 9.93. The molecule has 0 N–H and O–H groups in total. The van der Waals surface area contributed by atoms with Crippen LogP contribution in [0.1, 0.15) is 0 Å². The summed E-state index contributed by atoms with van der Waals surface area (Å²) in [4.78, 5) is 11.9. The molecule has 22 heavy (non-hydrogen) atoms. The van der Waals surface area contributed by atoms with E-state index in [4.69, 9.17) is 4.74 Å². The molecule has 4 rings (SSSR count). The monoisotopic (exact) mass is 344 g/mol. The van der Waals surface area contributed by atoms with Crippen LogP contribution in [0.5, 0.6) is 0 Å². The lowest BCUT2D eigenvalue weighted by Gasteiger charge is -2.29. The van der Waals surface area contributed by atoms with E-state index in [-0.39, 0.29) is 24.8 Å². The zero-order valence-corrected chi connectivity index (χ0v) is 14.1. The Labute approximate surface area is 143 Å². The number of halogens is 2. The summed E-state index contributed by atoms with van der Waals surface area (Å²) < 4.78 is 5.41. The fraction of sp³-hybridized carbons (Fsp3) is 0.533. The third-order valence-corrected chi connectivity index (χ3v) is 4.27. The summed E-state index contributed by atoms with van der Waals surface area (Å²) >= 11 is 0. The van der Waals surface area contributed by atoms with E-state index >= 15 is 0 Å². The van der Waals surface area contributed by atoms with E-state index in [2.05, 4.69) is 44.0 Å². The molecule has 0 unspecified atom stereocenters. The van der Waals surface area contributed by atoms with E-state index in [9.17, 15) is 0 Å². The molecule has 3 heterocycles. The van der Waals surface area contributed by atoms with Crippen LogP contribution >= 0.6 is 24.8 Å². The predicted octanol–water partition coefficient (Wildman–Crippen LogP) is 1.86. The second-order valence-corrected chi connectivity index (χ2v) is 5.43. The van der Waals surface area contributed by atoms with Crippen molar-refractivity contribution in [2.24, 2.45) is 4.99 Å². The van der Waals surface area contributed by atoms with Crippen LogP contribution in [0.3, 0.4) is 0 Å². The van der Waals surface area contributed by atoms with E-state index < -0.39 is 0 Å². The zero-order chi connectivity index (χ0) is 13.4. The van der Waals surface area contributed by atoms with Gasteiger partial charge in [0, 0.05) is 32.7 Å². The maximum Gasteiger partial charge on any atom is 0.206 e. The van der Waals surface area contributed by atoms with E-state index in [0.717, 1.165) is 58.4 Å². The number of anilines is 2. The van der Waals surface area contributed by atoms with Gasteiger partial charge in [-0.05, 0) is 12.1 Å². The molecule has 0 aromatic heterocycles. The highest BCUT2D eigenvalue weighted by Crippen LogP contribution is 2.38. The van der Waals surface area contributed by atoms with Gasteiger partial charge in [0.15, 0.2) is 0 Å². The number of para-hydroxylation sites is 2. The first-order valence-corrected chi connectivity index (χ1v) is 7.42. The Kier molecular flexibility index (Phi) is 5.92. The number of hydrogen-bond acceptors (Lipinski definition) is 5. The molecule has 0 atom stereocenters. The largest absolute Gasteiger partial charge is 0.379 e. The van der Waals surface area contributed by atoms with Gasteiger partial charge in [0.1, 0.15) is 0 Å². The number of guanidine groups is 1. The zero-order valence-electron chi connectivity index (χ0n) is 12.5. The fourth-order valence-corrected chi connectivity index (χ4v) is 3.21. The molecule has 122 valence electrons. The van der Waals surface area contributed by atoms with Crippen LogP contribution in [-0.4, -0.2) is 63.3 Å². The highest BCUT2D eigenvalue weighted by molar-refractivity contribution is 6.17. The first-order valence-electron chi connectivity index (χ1n) is 7.42. The van der Waals surface area contributed by atoms with Crippen molar-refractivity contribution in [1.82, 2.24) is 4.90 Å². The van der Waals surface area contributed by atoms with Crippen molar-refractivity contribution in [3.8, 4) is 0 Å². The lowest BCUT2D eigenvalue weighted by molar-refractivity contribution is 0.0395. The number of fused-ring (bicyclic) bond motifs is 3. The molecular weight excluding hydrogens is 323 g/mol. The van der Waals surface area contributed by atoms with Crippen LogP contribution in [0.25, 0.3) is 0 Å². The van der Waals surface area contributed by atoms with Gasteiger partial charge in [0.2, 0.25) is 5.96 Å². The van der Waals surface area contributed by atoms with Crippen molar-refractivity contribution in [3.63, 3.8) is 0 Å². The number of morpholine rings is 1. The minimum absolute atomic E-state index is 0. The van der Waals surface area contributed by atoms with Gasteiger partial charge in [-0.2, -0.15) is 0 Å². The average molecular weight is 345 g/mol. The summed E-state index contributed by atoms with van der Waals surface area (Å²) in [7, 11) is 0. The molecule has 0 spiro atoms. The van der Waals surface area contributed by atoms with Gasteiger partial charge in [0.05, 0.1) is 31.1 Å². The molecule has 1 aromatic rings. The van der Waals surface area contributed by atoms with Gasteiger partial charge in [-0.15, -0.1) is 24.8 Å². The molecule has 0 bridgehead atoms. The quantitative estimate of drug-likeness (QED) is 0.837. The van der Waals surface area contributed by atoms with Crippen molar-refractivity contribution in [3.05, 3.63) is 24.3 Å². The van der Waals surface area contributed by atoms with Gasteiger partial charge in [-0.1, -0.05) is 12.1 Å². The fourth-order valence-electron chi connectivity index (χ4n) is 3.21. The second-order valence-electron chi connectivity index (χ2n) is 5.43. The number of benzene rings is 1. The van der Waals surface area contributed by atoms with Gasteiger partial charge >= 0.3 is 0 Å². The van der Waals surface area contributed by atoms with Crippen molar-refractivity contribution in [1.29, 1.82) is 0 Å². The summed E-state index contributed by atoms with van der Waals surface area (Å²) in [6, 6.07) is 8.63. The van der Waals surface area contributed by atoms with Crippen molar-refractivity contribution < 1.29 is 4.74 Å². The number of hydrogen-bond donors (Lipinski definition) is 0. The Morgan fingerprint density at radius 1 is 0.955 bits per heavy atom. The summed E-state index contributed by atoms with van der Waals surface area (Å²) in [6.45, 7) is 7.83. The summed E-state index contributed by atoms with van der Waals surface area (Å²) in [5, 5.41) is 0. The Bertz CT molecular complexity index is 534. The maximum atomic E-state index is 5.41. The smallest absolute Gasteiger partial charge is 0.206 e. The van der Waals surface area contributed by atoms with E-state index in [1.807, 2.05) is 0 Å². The van der Waals surface area contributed by atoms with Crippen molar-refractivity contribution >= 4 is 42.1 Å². The van der Waals surface area contributed by atoms with Crippen LogP contribution < -0.4 is 9.80 Å². The lowest BCUT2D eigenvalue weighted by atomic mass is 10.2. The topological polar surface area (TPSA) is 31.3 Å². The first kappa shape index (κ1) is 17.3. The third kappa shape index (κ3) is 3.04. The minimum atomic E-state index is 0. The molecule has 0 radical (unpaired) electrons. The van der Waals surface area contributed by atoms with Crippen LogP contribution in [0.2, 0.25) is 0 Å². The molecule has 0 saturated carbocycles.